The standard InChI is InChI=1S/C21H22ClNO4/c1-12(2)26-20-16(22)9-15(11-19(20)25-4)21(24)23-13(3)18-10-14-7-5-6-8-17(14)27-18/h5-13H,1-4H3,(H,23,24). The fourth-order valence-electron chi connectivity index (χ4n) is 2.77. The summed E-state index contributed by atoms with van der Waals surface area (Å²) in [6, 6.07) is 12.5. The number of nitrogens with one attached hydrogen (secondary N) is 1. The van der Waals surface area contributed by atoms with Crippen LogP contribution in [0.3, 0.4) is 0 Å². The molecule has 1 amide bonds. The van der Waals surface area contributed by atoms with Crippen LogP contribution in [0.4, 0.5) is 0 Å². The Balaban J connectivity index is 1.81. The van der Waals surface area contributed by atoms with Crippen LogP contribution in [0.1, 0.15) is 42.9 Å². The Morgan fingerprint density at radius 2 is 1.89 bits per heavy atom. The van der Waals surface area contributed by atoms with E-state index in [1.807, 2.05) is 51.1 Å². The topological polar surface area (TPSA) is 60.7 Å². The second-order valence-corrected chi connectivity index (χ2v) is 6.95. The van der Waals surface area contributed by atoms with Crippen molar-refractivity contribution in [1.29, 1.82) is 0 Å². The Bertz CT molecular complexity index is 931. The van der Waals surface area contributed by atoms with Crippen LogP contribution in [0.25, 0.3) is 11.0 Å². The summed E-state index contributed by atoms with van der Waals surface area (Å²) < 4.78 is 16.8. The summed E-state index contributed by atoms with van der Waals surface area (Å²) in [5.74, 6) is 1.25. The van der Waals surface area contributed by atoms with Crippen LogP contribution in [-0.2, 0) is 0 Å². The van der Waals surface area contributed by atoms with Crippen molar-refractivity contribution in [3.05, 3.63) is 58.8 Å². The van der Waals surface area contributed by atoms with Crippen LogP contribution >= 0.6 is 11.6 Å². The first-order valence-electron chi connectivity index (χ1n) is 8.72. The second kappa shape index (κ2) is 7.92. The van der Waals surface area contributed by atoms with Gasteiger partial charge in [-0.05, 0) is 45.0 Å². The maximum atomic E-state index is 12.7. The zero-order valence-electron chi connectivity index (χ0n) is 15.7. The molecule has 1 heterocycles. The van der Waals surface area contributed by atoms with E-state index in [0.29, 0.717) is 27.8 Å². The largest absolute Gasteiger partial charge is 0.493 e. The van der Waals surface area contributed by atoms with Gasteiger partial charge in [0.25, 0.3) is 5.91 Å². The van der Waals surface area contributed by atoms with Crippen LogP contribution in [0.15, 0.2) is 46.9 Å². The summed E-state index contributed by atoms with van der Waals surface area (Å²) >= 11 is 6.30. The first-order chi connectivity index (χ1) is 12.9. The quantitative estimate of drug-likeness (QED) is 0.617. The minimum atomic E-state index is -0.304. The van der Waals surface area contributed by atoms with Crippen molar-refractivity contribution >= 4 is 28.5 Å². The number of para-hydroxylation sites is 1. The first-order valence-corrected chi connectivity index (χ1v) is 9.10. The molecule has 0 saturated heterocycles. The monoisotopic (exact) mass is 387 g/mol. The van der Waals surface area contributed by atoms with E-state index in [1.54, 1.807) is 12.1 Å². The number of benzene rings is 2. The van der Waals surface area contributed by atoms with E-state index in [0.717, 1.165) is 11.0 Å². The molecule has 2 aromatic carbocycles. The highest BCUT2D eigenvalue weighted by Crippen LogP contribution is 2.37. The summed E-state index contributed by atoms with van der Waals surface area (Å²) in [5.41, 5.74) is 1.17. The van der Waals surface area contributed by atoms with Crippen molar-refractivity contribution < 1.29 is 18.7 Å². The number of ether oxygens (including phenoxy) is 2. The van der Waals surface area contributed by atoms with E-state index in [9.17, 15) is 4.79 Å². The van der Waals surface area contributed by atoms with Gasteiger partial charge in [0.05, 0.1) is 24.3 Å². The van der Waals surface area contributed by atoms with Crippen LogP contribution in [0.2, 0.25) is 5.02 Å². The molecule has 3 rings (SSSR count). The molecule has 1 aromatic heterocycles. The number of halogens is 1. The molecule has 142 valence electrons. The number of carbonyl (C=O) groups excluding carboxylic acids is 1. The Hall–Kier alpha value is -2.66. The molecule has 27 heavy (non-hydrogen) atoms. The molecule has 0 radical (unpaired) electrons. The number of rotatable bonds is 6. The van der Waals surface area contributed by atoms with Crippen molar-refractivity contribution in [3.8, 4) is 11.5 Å². The van der Waals surface area contributed by atoms with Crippen molar-refractivity contribution in [3.63, 3.8) is 0 Å². The van der Waals surface area contributed by atoms with Gasteiger partial charge in [0.1, 0.15) is 11.3 Å². The molecule has 3 aromatic rings. The predicted molar refractivity (Wildman–Crippen MR) is 106 cm³/mol. The molecule has 0 aliphatic heterocycles. The van der Waals surface area contributed by atoms with Gasteiger partial charge in [-0.25, -0.2) is 0 Å². The number of carbonyl (C=O) groups is 1. The van der Waals surface area contributed by atoms with Gasteiger partial charge >= 0.3 is 0 Å². The number of methoxy groups -OCH3 is 1. The van der Waals surface area contributed by atoms with E-state index in [2.05, 4.69) is 5.32 Å². The van der Waals surface area contributed by atoms with Gasteiger partial charge in [-0.1, -0.05) is 29.8 Å². The summed E-state index contributed by atoms with van der Waals surface area (Å²) in [4.78, 5) is 12.7. The molecule has 0 aliphatic carbocycles. The lowest BCUT2D eigenvalue weighted by molar-refractivity contribution is 0.0935. The highest BCUT2D eigenvalue weighted by atomic mass is 35.5. The molecular formula is C21H22ClNO4. The average Bonchev–Trinajstić information content (AvgIpc) is 3.07. The third kappa shape index (κ3) is 4.19. The third-order valence-electron chi connectivity index (χ3n) is 4.06. The molecule has 5 nitrogen and oxygen atoms in total. The van der Waals surface area contributed by atoms with Crippen molar-refractivity contribution in [2.75, 3.05) is 7.11 Å². The molecule has 1 N–H and O–H groups in total. The molecule has 0 saturated carbocycles. The van der Waals surface area contributed by atoms with Gasteiger partial charge in [-0.2, -0.15) is 0 Å². The molecule has 0 spiro atoms. The van der Waals surface area contributed by atoms with Gasteiger partial charge in [-0.3, -0.25) is 4.79 Å². The predicted octanol–water partition coefficient (Wildman–Crippen LogP) is 5.37. The van der Waals surface area contributed by atoms with Crippen molar-refractivity contribution in [2.45, 2.75) is 32.9 Å². The molecule has 1 atom stereocenters. The number of fused-ring (bicyclic) bond motifs is 1. The van der Waals surface area contributed by atoms with Crippen molar-refractivity contribution in [1.82, 2.24) is 5.32 Å². The minimum absolute atomic E-state index is 0.0656. The summed E-state index contributed by atoms with van der Waals surface area (Å²) in [6.45, 7) is 5.65. The highest BCUT2D eigenvalue weighted by Gasteiger charge is 2.19. The Morgan fingerprint density at radius 1 is 1.15 bits per heavy atom. The van der Waals surface area contributed by atoms with Gasteiger partial charge < -0.3 is 19.2 Å². The van der Waals surface area contributed by atoms with Crippen LogP contribution in [0.5, 0.6) is 11.5 Å². The van der Waals surface area contributed by atoms with E-state index >= 15 is 0 Å². The summed E-state index contributed by atoms with van der Waals surface area (Å²) in [7, 11) is 1.51. The first kappa shape index (κ1) is 19.1. The molecular weight excluding hydrogens is 366 g/mol. The Morgan fingerprint density at radius 3 is 2.56 bits per heavy atom. The smallest absolute Gasteiger partial charge is 0.252 e. The van der Waals surface area contributed by atoms with Gasteiger partial charge in [0.15, 0.2) is 11.5 Å². The van der Waals surface area contributed by atoms with Gasteiger partial charge in [0.2, 0.25) is 0 Å². The highest BCUT2D eigenvalue weighted by molar-refractivity contribution is 6.32. The Kier molecular flexibility index (Phi) is 5.61. The number of hydrogen-bond acceptors (Lipinski definition) is 4. The zero-order chi connectivity index (χ0) is 19.6. The normalized spacial score (nSPS) is 12.2. The number of amides is 1. The van der Waals surface area contributed by atoms with Crippen LogP contribution < -0.4 is 14.8 Å². The minimum Gasteiger partial charge on any atom is -0.493 e. The van der Waals surface area contributed by atoms with E-state index in [-0.39, 0.29) is 18.1 Å². The molecule has 0 fully saturated rings. The Labute approximate surface area is 163 Å². The lowest BCUT2D eigenvalue weighted by Gasteiger charge is -2.17. The lowest BCUT2D eigenvalue weighted by Crippen LogP contribution is -2.26. The fraction of sp³-hybridized carbons (Fsp3) is 0.286. The molecule has 0 aliphatic rings. The van der Waals surface area contributed by atoms with Crippen molar-refractivity contribution in [2.24, 2.45) is 0 Å². The van der Waals surface area contributed by atoms with Gasteiger partial charge in [-0.15, -0.1) is 0 Å². The van der Waals surface area contributed by atoms with E-state index in [4.69, 9.17) is 25.5 Å². The maximum Gasteiger partial charge on any atom is 0.252 e. The van der Waals surface area contributed by atoms with Crippen LogP contribution in [-0.4, -0.2) is 19.1 Å². The molecule has 6 heteroatoms. The van der Waals surface area contributed by atoms with E-state index < -0.39 is 0 Å². The van der Waals surface area contributed by atoms with Crippen LogP contribution in [0, 0.1) is 0 Å². The van der Waals surface area contributed by atoms with E-state index in [1.165, 1.54) is 7.11 Å². The average molecular weight is 388 g/mol. The SMILES string of the molecule is COc1cc(C(=O)NC(C)c2cc3ccccc3o2)cc(Cl)c1OC(C)C. The number of hydrogen-bond donors (Lipinski definition) is 1. The summed E-state index contributed by atoms with van der Waals surface area (Å²) in [5, 5.41) is 4.24. The van der Waals surface area contributed by atoms with Gasteiger partial charge in [0, 0.05) is 10.9 Å². The fourth-order valence-corrected chi connectivity index (χ4v) is 3.02. The molecule has 0 bridgehead atoms. The molecule has 1 unspecified atom stereocenters. The zero-order valence-corrected chi connectivity index (χ0v) is 16.5. The lowest BCUT2D eigenvalue weighted by atomic mass is 10.1. The second-order valence-electron chi connectivity index (χ2n) is 6.54. The third-order valence-corrected chi connectivity index (χ3v) is 4.34. The number of furan rings is 1. The summed E-state index contributed by atoms with van der Waals surface area (Å²) in [6.07, 6.45) is -0.0656. The maximum absolute atomic E-state index is 12.7.